The molecule has 3 nitrogen and oxygen atoms in total. The predicted octanol–water partition coefficient (Wildman–Crippen LogP) is 5.62. The number of rotatable bonds is 7. The summed E-state index contributed by atoms with van der Waals surface area (Å²) in [5.41, 5.74) is 0.707. The molecule has 0 spiro atoms. The highest BCUT2D eigenvalue weighted by Crippen LogP contribution is 2.39. The number of ketones is 1. The van der Waals surface area contributed by atoms with Crippen LogP contribution >= 0.6 is 8.38 Å². The number of hydrogen-bond donors (Lipinski definition) is 0. The third kappa shape index (κ3) is 4.71. The van der Waals surface area contributed by atoms with Gasteiger partial charge < -0.3 is 9.05 Å². The zero-order chi connectivity index (χ0) is 18.4. The summed E-state index contributed by atoms with van der Waals surface area (Å²) in [6, 6.07) is 26.7. The molecular weight excluding hydrogens is 343 g/mol. The fraction of sp³-hybridized carbons (Fsp3) is 0.136. The second kappa shape index (κ2) is 8.64. The molecule has 0 aliphatic heterocycles. The summed E-state index contributed by atoms with van der Waals surface area (Å²) in [5, 5.41) is 0.910. The zero-order valence-corrected chi connectivity index (χ0v) is 15.7. The van der Waals surface area contributed by atoms with Crippen LogP contribution in [-0.2, 0) is 0 Å². The van der Waals surface area contributed by atoms with Gasteiger partial charge in [0.25, 0.3) is 0 Å². The maximum absolute atomic E-state index is 12.2. The Hall–Kier alpha value is -2.64. The molecule has 0 saturated carbocycles. The highest BCUT2D eigenvalue weighted by Gasteiger charge is 2.19. The van der Waals surface area contributed by atoms with Gasteiger partial charge in [-0.25, -0.2) is 0 Å². The van der Waals surface area contributed by atoms with Gasteiger partial charge in [-0.05, 0) is 36.4 Å². The van der Waals surface area contributed by atoms with Gasteiger partial charge in [-0.1, -0.05) is 62.4 Å². The normalized spacial score (nSPS) is 10.8. The first kappa shape index (κ1) is 18.2. The third-order valence-corrected chi connectivity index (χ3v) is 5.22. The summed E-state index contributed by atoms with van der Waals surface area (Å²) in [6.07, 6.45) is 0. The van der Waals surface area contributed by atoms with Gasteiger partial charge in [0.15, 0.2) is 5.78 Å². The Morgan fingerprint density at radius 1 is 0.731 bits per heavy atom. The van der Waals surface area contributed by atoms with E-state index in [9.17, 15) is 4.79 Å². The second-order valence-corrected chi connectivity index (χ2v) is 7.53. The van der Waals surface area contributed by atoms with Crippen LogP contribution in [0.25, 0.3) is 0 Å². The molecule has 0 aliphatic rings. The van der Waals surface area contributed by atoms with Crippen molar-refractivity contribution in [2.24, 2.45) is 5.92 Å². The Kier molecular flexibility index (Phi) is 6.04. The van der Waals surface area contributed by atoms with Gasteiger partial charge in [0.1, 0.15) is 11.5 Å². The number of Topliss-reactive ketones (excluding diaryl/α,β-unsaturated/α-hetero) is 1. The first-order valence-corrected chi connectivity index (χ1v) is 9.71. The minimum absolute atomic E-state index is 0.0245. The van der Waals surface area contributed by atoms with E-state index in [1.54, 1.807) is 0 Å². The minimum atomic E-state index is -1.37. The Morgan fingerprint density at radius 3 is 1.62 bits per heavy atom. The molecule has 0 aromatic heterocycles. The molecule has 0 N–H and O–H groups in total. The third-order valence-electron chi connectivity index (χ3n) is 3.75. The first-order chi connectivity index (χ1) is 12.6. The van der Waals surface area contributed by atoms with Crippen LogP contribution in [-0.4, -0.2) is 5.78 Å². The Morgan fingerprint density at radius 2 is 1.19 bits per heavy atom. The molecule has 4 heteroatoms. The van der Waals surface area contributed by atoms with Crippen molar-refractivity contribution in [2.45, 2.75) is 13.8 Å². The van der Waals surface area contributed by atoms with Crippen LogP contribution in [0.4, 0.5) is 0 Å². The fourth-order valence-corrected chi connectivity index (χ4v) is 3.63. The Labute approximate surface area is 155 Å². The molecule has 0 fully saturated rings. The molecule has 0 amide bonds. The molecule has 0 bridgehead atoms. The van der Waals surface area contributed by atoms with Crippen molar-refractivity contribution < 1.29 is 13.8 Å². The van der Waals surface area contributed by atoms with Crippen molar-refractivity contribution in [3.05, 3.63) is 90.5 Å². The van der Waals surface area contributed by atoms with Gasteiger partial charge in [-0.2, -0.15) is 0 Å². The van der Waals surface area contributed by atoms with E-state index < -0.39 is 8.38 Å². The van der Waals surface area contributed by atoms with Gasteiger partial charge >= 0.3 is 8.38 Å². The number of carbonyl (C=O) groups is 1. The molecule has 0 unspecified atom stereocenters. The van der Waals surface area contributed by atoms with Gasteiger partial charge in [-0.3, -0.25) is 4.79 Å². The van der Waals surface area contributed by atoms with Crippen LogP contribution in [0.5, 0.6) is 11.5 Å². The minimum Gasteiger partial charge on any atom is -0.435 e. The quantitative estimate of drug-likeness (QED) is 0.403. The molecule has 0 aliphatic carbocycles. The lowest BCUT2D eigenvalue weighted by molar-refractivity contribution is 0.0939. The summed E-state index contributed by atoms with van der Waals surface area (Å²) < 4.78 is 12.2. The standard InChI is InChI=1S/C22H21O3P/c1-17(2)22(23)18-13-15-21(16-14-18)26(24-19-9-5-3-6-10-19)25-20-11-7-4-8-12-20/h3-17H,1-2H3. The van der Waals surface area contributed by atoms with Crippen molar-refractivity contribution in [1.29, 1.82) is 0 Å². The van der Waals surface area contributed by atoms with Gasteiger partial charge in [0.05, 0.1) is 5.30 Å². The smallest absolute Gasteiger partial charge is 0.326 e. The first-order valence-electron chi connectivity index (χ1n) is 8.54. The highest BCUT2D eigenvalue weighted by atomic mass is 31.2. The summed E-state index contributed by atoms with van der Waals surface area (Å²) in [6.45, 7) is 3.81. The monoisotopic (exact) mass is 364 g/mol. The molecule has 3 aromatic carbocycles. The van der Waals surface area contributed by atoms with Crippen molar-refractivity contribution in [2.75, 3.05) is 0 Å². The summed E-state index contributed by atoms with van der Waals surface area (Å²) in [7, 11) is -1.37. The van der Waals surface area contributed by atoms with Crippen LogP contribution in [0, 0.1) is 5.92 Å². The molecular formula is C22H21O3P. The molecule has 0 radical (unpaired) electrons. The lowest BCUT2D eigenvalue weighted by Gasteiger charge is -2.19. The largest absolute Gasteiger partial charge is 0.435 e. The molecule has 0 atom stereocenters. The van der Waals surface area contributed by atoms with E-state index >= 15 is 0 Å². The van der Waals surface area contributed by atoms with Gasteiger partial charge in [0.2, 0.25) is 0 Å². The van der Waals surface area contributed by atoms with Crippen LogP contribution in [0.1, 0.15) is 24.2 Å². The van der Waals surface area contributed by atoms with E-state index in [-0.39, 0.29) is 11.7 Å². The lowest BCUT2D eigenvalue weighted by atomic mass is 10.0. The molecule has 3 rings (SSSR count). The molecule has 0 saturated heterocycles. The summed E-state index contributed by atoms with van der Waals surface area (Å²) in [4.78, 5) is 12.2. The number of para-hydroxylation sites is 2. The second-order valence-electron chi connectivity index (χ2n) is 6.13. The Balaban J connectivity index is 1.85. The number of benzene rings is 3. The molecule has 132 valence electrons. The Bertz CT molecular complexity index is 789. The summed E-state index contributed by atoms with van der Waals surface area (Å²) in [5.74, 6) is 1.60. The number of hydrogen-bond acceptors (Lipinski definition) is 3. The van der Waals surface area contributed by atoms with E-state index in [4.69, 9.17) is 9.05 Å². The van der Waals surface area contributed by atoms with Crippen LogP contribution < -0.4 is 14.4 Å². The highest BCUT2D eigenvalue weighted by molar-refractivity contribution is 7.56. The van der Waals surface area contributed by atoms with Crippen molar-refractivity contribution in [1.82, 2.24) is 0 Å². The number of carbonyl (C=O) groups excluding carboxylic acids is 1. The topological polar surface area (TPSA) is 35.5 Å². The van der Waals surface area contributed by atoms with Crippen LogP contribution in [0.2, 0.25) is 0 Å². The van der Waals surface area contributed by atoms with Crippen molar-refractivity contribution >= 4 is 19.5 Å². The average Bonchev–Trinajstić information content (AvgIpc) is 2.68. The predicted molar refractivity (Wildman–Crippen MR) is 106 cm³/mol. The SMILES string of the molecule is CC(C)C(=O)c1ccc(P(Oc2ccccc2)Oc2ccccc2)cc1. The maximum atomic E-state index is 12.2. The zero-order valence-electron chi connectivity index (χ0n) is 14.8. The van der Waals surface area contributed by atoms with E-state index in [0.717, 1.165) is 16.8 Å². The van der Waals surface area contributed by atoms with E-state index in [0.29, 0.717) is 5.56 Å². The van der Waals surface area contributed by atoms with E-state index in [1.165, 1.54) is 0 Å². The van der Waals surface area contributed by atoms with Gasteiger partial charge in [0, 0.05) is 11.5 Å². The molecule has 26 heavy (non-hydrogen) atoms. The van der Waals surface area contributed by atoms with Crippen molar-refractivity contribution in [3.63, 3.8) is 0 Å². The molecule has 3 aromatic rings. The van der Waals surface area contributed by atoms with Gasteiger partial charge in [-0.15, -0.1) is 0 Å². The maximum Gasteiger partial charge on any atom is 0.326 e. The molecule has 0 heterocycles. The lowest BCUT2D eigenvalue weighted by Crippen LogP contribution is -2.12. The van der Waals surface area contributed by atoms with Crippen LogP contribution in [0.3, 0.4) is 0 Å². The fourth-order valence-electron chi connectivity index (χ4n) is 2.36. The van der Waals surface area contributed by atoms with Crippen LogP contribution in [0.15, 0.2) is 84.9 Å². The van der Waals surface area contributed by atoms with E-state index in [1.807, 2.05) is 98.8 Å². The summed E-state index contributed by atoms with van der Waals surface area (Å²) >= 11 is 0. The van der Waals surface area contributed by atoms with Crippen molar-refractivity contribution in [3.8, 4) is 11.5 Å². The average molecular weight is 364 g/mol. The van der Waals surface area contributed by atoms with E-state index in [2.05, 4.69) is 0 Å².